The van der Waals surface area contributed by atoms with Gasteiger partial charge in [0.15, 0.2) is 0 Å². The minimum absolute atomic E-state index is 0.0524. The fourth-order valence-corrected chi connectivity index (χ4v) is 5.41. The van der Waals surface area contributed by atoms with Crippen molar-refractivity contribution in [3.05, 3.63) is 48.6 Å². The highest BCUT2D eigenvalue weighted by Crippen LogP contribution is 2.26. The summed E-state index contributed by atoms with van der Waals surface area (Å²) in [7, 11) is 0.374. The van der Waals surface area contributed by atoms with E-state index in [1.54, 1.807) is 7.05 Å². The fraction of sp³-hybridized carbons (Fsp3) is 0.680. The van der Waals surface area contributed by atoms with E-state index in [0.717, 1.165) is 57.4 Å². The van der Waals surface area contributed by atoms with Gasteiger partial charge in [-0.25, -0.2) is 4.72 Å². The highest BCUT2D eigenvalue weighted by atomic mass is 32.2. The number of nitrogens with zero attached hydrogens (tertiary/aromatic N) is 2. The van der Waals surface area contributed by atoms with Gasteiger partial charge in [-0.05, 0) is 64.1 Å². The van der Waals surface area contributed by atoms with E-state index in [0.29, 0.717) is 13.0 Å². The summed E-state index contributed by atoms with van der Waals surface area (Å²) >= 11 is 0. The van der Waals surface area contributed by atoms with Crippen molar-refractivity contribution >= 4 is 10.2 Å². The third kappa shape index (κ3) is 10.1. The third-order valence-corrected chi connectivity index (χ3v) is 7.93. The highest BCUT2D eigenvalue weighted by Gasteiger charge is 2.30. The van der Waals surface area contributed by atoms with Gasteiger partial charge in [-0.15, -0.1) is 6.58 Å². The predicted molar refractivity (Wildman–Crippen MR) is 133 cm³/mol. The Hall–Kier alpha value is -1.25. The maximum Gasteiger partial charge on any atom is 0.279 e. The van der Waals surface area contributed by atoms with Crippen molar-refractivity contribution in [1.29, 1.82) is 0 Å². The van der Waals surface area contributed by atoms with Crippen LogP contribution in [0.4, 0.5) is 0 Å². The molecule has 182 valence electrons. The Morgan fingerprint density at radius 3 is 2.44 bits per heavy atom. The number of benzene rings is 1. The normalized spacial score (nSPS) is 19.5. The van der Waals surface area contributed by atoms with Crippen LogP contribution in [0.3, 0.4) is 0 Å². The van der Waals surface area contributed by atoms with Gasteiger partial charge >= 0.3 is 0 Å². The van der Waals surface area contributed by atoms with Gasteiger partial charge in [-0.2, -0.15) is 12.7 Å². The second-order valence-corrected chi connectivity index (χ2v) is 10.7. The van der Waals surface area contributed by atoms with Crippen molar-refractivity contribution < 1.29 is 13.2 Å². The van der Waals surface area contributed by atoms with E-state index in [4.69, 9.17) is 4.74 Å². The summed E-state index contributed by atoms with van der Waals surface area (Å²) in [5.41, 5.74) is 1.13. The number of unbranched alkanes of at least 4 members (excludes halogenated alkanes) is 3. The summed E-state index contributed by atoms with van der Waals surface area (Å²) in [6, 6.07) is 10.00. The van der Waals surface area contributed by atoms with Crippen LogP contribution in [-0.4, -0.2) is 70.1 Å². The van der Waals surface area contributed by atoms with Crippen LogP contribution in [0.5, 0.6) is 0 Å². The molecule has 0 saturated heterocycles. The highest BCUT2D eigenvalue weighted by molar-refractivity contribution is 7.87. The number of nitrogens with one attached hydrogen (secondary N) is 1. The fourth-order valence-electron chi connectivity index (χ4n) is 4.24. The van der Waals surface area contributed by atoms with Crippen molar-refractivity contribution in [2.24, 2.45) is 0 Å². The van der Waals surface area contributed by atoms with Gasteiger partial charge < -0.3 is 9.64 Å². The topological polar surface area (TPSA) is 61.9 Å². The largest absolute Gasteiger partial charge is 0.378 e. The minimum Gasteiger partial charge on any atom is -0.378 e. The minimum atomic E-state index is -3.45. The zero-order valence-corrected chi connectivity index (χ0v) is 20.9. The average molecular weight is 466 g/mol. The maximum atomic E-state index is 12.7. The Morgan fingerprint density at radius 1 is 1.06 bits per heavy atom. The van der Waals surface area contributed by atoms with Crippen molar-refractivity contribution in [3.8, 4) is 0 Å². The van der Waals surface area contributed by atoms with Crippen molar-refractivity contribution in [1.82, 2.24) is 13.9 Å². The van der Waals surface area contributed by atoms with E-state index in [2.05, 4.69) is 23.2 Å². The first-order valence-corrected chi connectivity index (χ1v) is 13.5. The summed E-state index contributed by atoms with van der Waals surface area (Å²) in [6.07, 6.45) is 11.2. The zero-order valence-electron chi connectivity index (χ0n) is 20.0. The second-order valence-electron chi connectivity index (χ2n) is 8.92. The molecule has 2 rings (SSSR count). The van der Waals surface area contributed by atoms with E-state index in [1.807, 2.05) is 36.4 Å². The Morgan fingerprint density at radius 2 is 1.75 bits per heavy atom. The first-order valence-electron chi connectivity index (χ1n) is 12.1. The smallest absolute Gasteiger partial charge is 0.279 e. The molecular formula is C25H43N3O3S. The molecule has 1 aliphatic carbocycles. The Balaban J connectivity index is 1.56. The number of hydrogen-bond acceptors (Lipinski definition) is 4. The molecule has 1 fully saturated rings. The molecule has 1 aromatic rings. The van der Waals surface area contributed by atoms with Gasteiger partial charge in [0.2, 0.25) is 0 Å². The second kappa shape index (κ2) is 14.8. The lowest BCUT2D eigenvalue weighted by molar-refractivity contribution is 0.0155. The molecule has 0 aromatic heterocycles. The van der Waals surface area contributed by atoms with Gasteiger partial charge in [0.05, 0.1) is 6.10 Å². The quantitative estimate of drug-likeness (QED) is 0.296. The summed E-state index contributed by atoms with van der Waals surface area (Å²) in [4.78, 5) is 2.29. The van der Waals surface area contributed by atoms with E-state index in [9.17, 15) is 8.42 Å². The first-order chi connectivity index (χ1) is 15.4. The molecule has 0 amide bonds. The Kier molecular flexibility index (Phi) is 12.5. The Labute approximate surface area is 196 Å². The lowest BCUT2D eigenvalue weighted by Crippen LogP contribution is -2.46. The average Bonchev–Trinajstić information content (AvgIpc) is 2.79. The third-order valence-electron chi connectivity index (χ3n) is 6.31. The molecule has 0 bridgehead atoms. The van der Waals surface area contributed by atoms with Gasteiger partial charge in [-0.3, -0.25) is 0 Å². The molecule has 1 aromatic carbocycles. The van der Waals surface area contributed by atoms with Gasteiger partial charge in [0, 0.05) is 32.8 Å². The zero-order chi connectivity index (χ0) is 23.2. The van der Waals surface area contributed by atoms with Crippen molar-refractivity contribution in [2.75, 3.05) is 40.3 Å². The van der Waals surface area contributed by atoms with Crippen molar-refractivity contribution in [2.45, 2.75) is 69.9 Å². The molecular weight excluding hydrogens is 422 g/mol. The monoisotopic (exact) mass is 465 g/mol. The molecule has 1 saturated carbocycles. The molecule has 0 aliphatic heterocycles. The maximum absolute atomic E-state index is 12.7. The van der Waals surface area contributed by atoms with Crippen LogP contribution in [0.25, 0.3) is 0 Å². The van der Waals surface area contributed by atoms with Crippen LogP contribution in [0, 0.1) is 0 Å². The van der Waals surface area contributed by atoms with Crippen LogP contribution in [0.1, 0.15) is 56.9 Å². The van der Waals surface area contributed by atoms with E-state index >= 15 is 0 Å². The summed E-state index contributed by atoms with van der Waals surface area (Å²) in [5, 5.41) is 0. The van der Waals surface area contributed by atoms with E-state index < -0.39 is 10.2 Å². The van der Waals surface area contributed by atoms with Gasteiger partial charge in [0.25, 0.3) is 10.2 Å². The van der Waals surface area contributed by atoms with Crippen LogP contribution in [0.15, 0.2) is 43.0 Å². The molecule has 0 radical (unpaired) electrons. The van der Waals surface area contributed by atoms with Crippen LogP contribution < -0.4 is 4.72 Å². The number of likely N-dealkylation sites (N-methyl/N-ethyl adjacent to an activating group) is 1. The van der Waals surface area contributed by atoms with Crippen LogP contribution >= 0.6 is 0 Å². The molecule has 1 N–H and O–H groups in total. The van der Waals surface area contributed by atoms with Gasteiger partial charge in [-0.1, -0.05) is 49.2 Å². The molecule has 0 unspecified atom stereocenters. The Bertz CT molecular complexity index is 734. The molecule has 7 heteroatoms. The first kappa shape index (κ1) is 27.0. The summed E-state index contributed by atoms with van der Waals surface area (Å²) in [5.74, 6) is 0. The SMILES string of the molecule is C=CCN(C)CCCCCCOC1CCC(N(C)S(=O)(=O)NCCc2ccccc2)CC1. The van der Waals surface area contributed by atoms with Crippen LogP contribution in [0.2, 0.25) is 0 Å². The number of ether oxygens (including phenoxy) is 1. The lowest BCUT2D eigenvalue weighted by Gasteiger charge is -2.34. The van der Waals surface area contributed by atoms with Crippen molar-refractivity contribution in [3.63, 3.8) is 0 Å². The molecule has 6 nitrogen and oxygen atoms in total. The molecule has 0 atom stereocenters. The van der Waals surface area contributed by atoms with E-state index in [1.165, 1.54) is 23.6 Å². The molecule has 0 heterocycles. The number of rotatable bonds is 16. The lowest BCUT2D eigenvalue weighted by atomic mass is 9.93. The van der Waals surface area contributed by atoms with Gasteiger partial charge in [0.1, 0.15) is 0 Å². The van der Waals surface area contributed by atoms with E-state index in [-0.39, 0.29) is 12.1 Å². The summed E-state index contributed by atoms with van der Waals surface area (Å²) < 4.78 is 35.6. The standard InChI is InChI=1S/C25H43N3O3S/c1-4-20-27(2)21-10-5-6-11-22-31-25-16-14-24(15-17-25)28(3)32(29,30)26-19-18-23-12-8-7-9-13-23/h4,7-9,12-13,24-26H,1,5-6,10-11,14-22H2,2-3H3. The predicted octanol–water partition coefficient (Wildman–Crippen LogP) is 4.00. The molecule has 1 aliphatic rings. The molecule has 32 heavy (non-hydrogen) atoms. The number of hydrogen-bond donors (Lipinski definition) is 1. The summed E-state index contributed by atoms with van der Waals surface area (Å²) in [6.45, 7) is 7.07. The molecule has 0 spiro atoms. The van der Waals surface area contributed by atoms with Crippen LogP contribution in [-0.2, 0) is 21.4 Å².